The molecule has 0 aliphatic carbocycles. The highest BCUT2D eigenvalue weighted by Crippen LogP contribution is 2.32. The Hall–Kier alpha value is -2.61. The molecule has 1 aromatic carbocycles. The molecule has 1 aliphatic rings. The minimum absolute atomic E-state index is 0.205. The third-order valence-corrected chi connectivity index (χ3v) is 4.47. The first-order chi connectivity index (χ1) is 11.4. The number of nitrogens with one attached hydrogen (secondary N) is 2. The summed E-state index contributed by atoms with van der Waals surface area (Å²) in [6, 6.07) is 4.92. The Bertz CT molecular complexity index is 789. The van der Waals surface area contributed by atoms with Crippen LogP contribution in [-0.2, 0) is 11.3 Å². The van der Waals surface area contributed by atoms with Crippen molar-refractivity contribution in [3.05, 3.63) is 34.3 Å². The average Bonchev–Trinajstić information content (AvgIpc) is 2.93. The second kappa shape index (κ2) is 6.48. The number of aryl methyl sites for hydroxylation is 1. The smallest absolute Gasteiger partial charge is 0.321 e. The zero-order chi connectivity index (χ0) is 17.3. The fourth-order valence-corrected chi connectivity index (χ4v) is 3.14. The largest absolute Gasteiger partial charge is 0.479 e. The Morgan fingerprint density at radius 3 is 3.00 bits per heavy atom. The molecule has 2 N–H and O–H groups in total. The summed E-state index contributed by atoms with van der Waals surface area (Å²) < 4.78 is 5.49. The van der Waals surface area contributed by atoms with Crippen LogP contribution in [-0.4, -0.2) is 35.0 Å². The summed E-state index contributed by atoms with van der Waals surface area (Å²) in [4.78, 5) is 30.7. The SMILES string of the molecule is Cc1ncc(CN(C)C(=O)Nc2ccc3c(c2)NC(=O)[C@@H](C)O3)s1. The van der Waals surface area contributed by atoms with Gasteiger partial charge in [-0.1, -0.05) is 0 Å². The molecular weight excluding hydrogens is 328 g/mol. The van der Waals surface area contributed by atoms with Gasteiger partial charge in [-0.2, -0.15) is 0 Å². The molecule has 2 aromatic rings. The first-order valence-corrected chi connectivity index (χ1v) is 8.29. The molecular formula is C16H18N4O3S. The van der Waals surface area contributed by atoms with Crippen molar-refractivity contribution < 1.29 is 14.3 Å². The number of nitrogens with zero attached hydrogens (tertiary/aromatic N) is 2. The summed E-state index contributed by atoms with van der Waals surface area (Å²) >= 11 is 1.56. The van der Waals surface area contributed by atoms with Crippen molar-refractivity contribution in [3.63, 3.8) is 0 Å². The molecule has 3 amide bonds. The molecule has 126 valence electrons. The molecule has 24 heavy (non-hydrogen) atoms. The van der Waals surface area contributed by atoms with Crippen molar-refractivity contribution in [2.24, 2.45) is 0 Å². The molecule has 0 unspecified atom stereocenters. The second-order valence-electron chi connectivity index (χ2n) is 5.59. The Morgan fingerprint density at radius 1 is 1.50 bits per heavy atom. The van der Waals surface area contributed by atoms with Crippen LogP contribution in [0.2, 0.25) is 0 Å². The third-order valence-electron chi connectivity index (χ3n) is 3.57. The highest BCUT2D eigenvalue weighted by molar-refractivity contribution is 7.11. The minimum Gasteiger partial charge on any atom is -0.479 e. The molecule has 1 atom stereocenters. The van der Waals surface area contributed by atoms with E-state index < -0.39 is 6.10 Å². The van der Waals surface area contributed by atoms with Crippen molar-refractivity contribution in [2.45, 2.75) is 26.5 Å². The van der Waals surface area contributed by atoms with Crippen LogP contribution in [0.5, 0.6) is 5.75 Å². The number of aromatic nitrogens is 1. The number of urea groups is 1. The highest BCUT2D eigenvalue weighted by atomic mass is 32.1. The van der Waals surface area contributed by atoms with Gasteiger partial charge in [-0.3, -0.25) is 4.79 Å². The van der Waals surface area contributed by atoms with Crippen molar-refractivity contribution >= 4 is 34.6 Å². The van der Waals surface area contributed by atoms with E-state index in [1.807, 2.05) is 6.92 Å². The Labute approximate surface area is 143 Å². The molecule has 3 rings (SSSR count). The van der Waals surface area contributed by atoms with Crippen LogP contribution in [0.4, 0.5) is 16.2 Å². The number of hydrogen-bond acceptors (Lipinski definition) is 5. The predicted molar refractivity (Wildman–Crippen MR) is 92.5 cm³/mol. The Morgan fingerprint density at radius 2 is 2.29 bits per heavy atom. The van der Waals surface area contributed by atoms with Gasteiger partial charge in [0.15, 0.2) is 6.10 Å². The molecule has 1 aromatic heterocycles. The molecule has 0 bridgehead atoms. The summed E-state index contributed by atoms with van der Waals surface area (Å²) in [6.07, 6.45) is 1.25. The zero-order valence-electron chi connectivity index (χ0n) is 13.6. The van der Waals surface area contributed by atoms with Gasteiger partial charge in [0.1, 0.15) is 5.75 Å². The van der Waals surface area contributed by atoms with Gasteiger partial charge in [-0.05, 0) is 32.0 Å². The van der Waals surface area contributed by atoms with Crippen LogP contribution in [0.3, 0.4) is 0 Å². The molecule has 0 radical (unpaired) electrons. The van der Waals surface area contributed by atoms with E-state index in [0.717, 1.165) is 9.88 Å². The molecule has 1 aliphatic heterocycles. The third kappa shape index (κ3) is 3.48. The number of carbonyl (C=O) groups excluding carboxylic acids is 2. The summed E-state index contributed by atoms with van der Waals surface area (Å²) in [5.41, 5.74) is 1.14. The van der Waals surface area contributed by atoms with Gasteiger partial charge in [-0.25, -0.2) is 9.78 Å². The van der Waals surface area contributed by atoms with Gasteiger partial charge in [0.05, 0.1) is 17.2 Å². The Kier molecular flexibility index (Phi) is 4.39. The van der Waals surface area contributed by atoms with E-state index in [1.165, 1.54) is 0 Å². The lowest BCUT2D eigenvalue weighted by Gasteiger charge is -2.24. The summed E-state index contributed by atoms with van der Waals surface area (Å²) in [5, 5.41) is 6.54. The van der Waals surface area contributed by atoms with Crippen molar-refractivity contribution in [1.82, 2.24) is 9.88 Å². The van der Waals surface area contributed by atoms with E-state index in [0.29, 0.717) is 23.7 Å². The topological polar surface area (TPSA) is 83.6 Å². The van der Waals surface area contributed by atoms with Gasteiger partial charge in [0.25, 0.3) is 5.91 Å². The van der Waals surface area contributed by atoms with E-state index in [2.05, 4.69) is 15.6 Å². The maximum Gasteiger partial charge on any atom is 0.321 e. The maximum absolute atomic E-state index is 12.3. The van der Waals surface area contributed by atoms with Crippen LogP contribution in [0.15, 0.2) is 24.4 Å². The van der Waals surface area contributed by atoms with Gasteiger partial charge in [0.2, 0.25) is 0 Å². The molecule has 0 fully saturated rings. The number of anilines is 2. The fourth-order valence-electron chi connectivity index (χ4n) is 2.29. The number of amides is 3. The lowest BCUT2D eigenvalue weighted by molar-refractivity contribution is -0.122. The first kappa shape index (κ1) is 16.3. The van der Waals surface area contributed by atoms with Gasteiger partial charge in [0, 0.05) is 23.8 Å². The summed E-state index contributed by atoms with van der Waals surface area (Å²) in [7, 11) is 1.72. The monoisotopic (exact) mass is 346 g/mol. The normalized spacial score (nSPS) is 16.0. The van der Waals surface area contributed by atoms with Gasteiger partial charge >= 0.3 is 6.03 Å². The van der Waals surface area contributed by atoms with E-state index >= 15 is 0 Å². The number of hydrogen-bond donors (Lipinski definition) is 2. The average molecular weight is 346 g/mol. The number of thiazole rings is 1. The van der Waals surface area contributed by atoms with Crippen molar-refractivity contribution in [2.75, 3.05) is 17.7 Å². The lowest BCUT2D eigenvalue weighted by Crippen LogP contribution is -2.34. The molecule has 7 nitrogen and oxygen atoms in total. The summed E-state index contributed by atoms with van der Waals surface area (Å²) in [5.74, 6) is 0.386. The molecule has 0 saturated carbocycles. The van der Waals surface area contributed by atoms with Crippen LogP contribution < -0.4 is 15.4 Å². The van der Waals surface area contributed by atoms with Crippen LogP contribution in [0, 0.1) is 6.92 Å². The fraction of sp³-hybridized carbons (Fsp3) is 0.312. The van der Waals surface area contributed by atoms with E-state index in [-0.39, 0.29) is 11.9 Å². The van der Waals surface area contributed by atoms with Gasteiger partial charge in [-0.15, -0.1) is 11.3 Å². The maximum atomic E-state index is 12.3. The van der Waals surface area contributed by atoms with E-state index in [9.17, 15) is 9.59 Å². The highest BCUT2D eigenvalue weighted by Gasteiger charge is 2.23. The zero-order valence-corrected chi connectivity index (χ0v) is 14.4. The number of carbonyl (C=O) groups is 2. The minimum atomic E-state index is -0.521. The molecule has 8 heteroatoms. The Balaban J connectivity index is 1.66. The molecule has 0 saturated heterocycles. The van der Waals surface area contributed by atoms with Crippen molar-refractivity contribution in [3.8, 4) is 5.75 Å². The first-order valence-electron chi connectivity index (χ1n) is 7.47. The van der Waals surface area contributed by atoms with E-state index in [4.69, 9.17) is 4.74 Å². The number of benzene rings is 1. The predicted octanol–water partition coefficient (Wildman–Crippen LogP) is 2.83. The van der Waals surface area contributed by atoms with Crippen LogP contribution >= 0.6 is 11.3 Å². The van der Waals surface area contributed by atoms with Crippen LogP contribution in [0.1, 0.15) is 16.8 Å². The number of ether oxygens (including phenoxy) is 1. The number of fused-ring (bicyclic) bond motifs is 1. The summed E-state index contributed by atoms with van der Waals surface area (Å²) in [6.45, 7) is 4.10. The number of rotatable bonds is 3. The standard InChI is InChI=1S/C16H18N4O3S/c1-9-15(21)19-13-6-11(4-5-14(13)23-9)18-16(22)20(3)8-12-7-17-10(2)24-12/h4-7,9H,8H2,1-3H3,(H,18,22)(H,19,21)/t9-/m1/s1. The van der Waals surface area contributed by atoms with Gasteiger partial charge < -0.3 is 20.3 Å². The molecule has 2 heterocycles. The molecule has 0 spiro atoms. The lowest BCUT2D eigenvalue weighted by atomic mass is 10.2. The quantitative estimate of drug-likeness (QED) is 0.895. The van der Waals surface area contributed by atoms with E-state index in [1.54, 1.807) is 54.6 Å². The van der Waals surface area contributed by atoms with Crippen molar-refractivity contribution in [1.29, 1.82) is 0 Å². The van der Waals surface area contributed by atoms with Crippen LogP contribution in [0.25, 0.3) is 0 Å². The second-order valence-corrected chi connectivity index (χ2v) is 6.91.